The molecule has 2 unspecified atom stereocenters. The summed E-state index contributed by atoms with van der Waals surface area (Å²) in [4.78, 5) is 17.5. The first-order valence-electron chi connectivity index (χ1n) is 9.89. The zero-order valence-corrected chi connectivity index (χ0v) is 17.4. The highest BCUT2D eigenvalue weighted by Crippen LogP contribution is 2.44. The quantitative estimate of drug-likeness (QED) is 0.857. The second-order valence-electron chi connectivity index (χ2n) is 8.38. The van der Waals surface area contributed by atoms with Crippen molar-refractivity contribution in [2.75, 3.05) is 39.3 Å². The fourth-order valence-corrected chi connectivity index (χ4v) is 5.10. The van der Waals surface area contributed by atoms with Crippen molar-refractivity contribution < 1.29 is 4.79 Å². The van der Waals surface area contributed by atoms with Gasteiger partial charge in [0, 0.05) is 39.3 Å². The number of rotatable bonds is 5. The largest absolute Gasteiger partial charge is 0.324 e. The van der Waals surface area contributed by atoms with Crippen molar-refractivity contribution >= 4 is 17.7 Å². The molecular weight excluding hydrogens is 342 g/mol. The Morgan fingerprint density at radius 2 is 1.77 bits per heavy atom. The first-order chi connectivity index (χ1) is 12.4. The Labute approximate surface area is 162 Å². The van der Waals surface area contributed by atoms with E-state index in [1.165, 1.54) is 11.1 Å². The van der Waals surface area contributed by atoms with Crippen molar-refractivity contribution in [2.24, 2.45) is 0 Å². The molecule has 1 N–H and O–H groups in total. The Morgan fingerprint density at radius 3 is 2.35 bits per heavy atom. The van der Waals surface area contributed by atoms with Gasteiger partial charge in [0.1, 0.15) is 5.37 Å². The summed E-state index contributed by atoms with van der Waals surface area (Å²) >= 11 is 1.83. The first-order valence-corrected chi connectivity index (χ1v) is 10.8. The normalized spacial score (nSPS) is 25.1. The molecular formula is C21H33N3OS. The lowest BCUT2D eigenvalue weighted by atomic mass is 9.86. The second kappa shape index (κ2) is 8.32. The van der Waals surface area contributed by atoms with Crippen molar-refractivity contribution in [1.82, 2.24) is 15.1 Å². The van der Waals surface area contributed by atoms with Crippen LogP contribution in [0.4, 0.5) is 0 Å². The van der Waals surface area contributed by atoms with E-state index >= 15 is 0 Å². The number of piperazine rings is 1. The molecule has 2 aliphatic rings. The third-order valence-electron chi connectivity index (χ3n) is 5.43. The number of hydrogen-bond acceptors (Lipinski definition) is 4. The number of hydrogen-bond donors (Lipinski definition) is 1. The lowest BCUT2D eigenvalue weighted by Crippen LogP contribution is -2.47. The van der Waals surface area contributed by atoms with E-state index in [0.717, 1.165) is 45.7 Å². The topological polar surface area (TPSA) is 35.6 Å². The van der Waals surface area contributed by atoms with E-state index in [2.05, 4.69) is 67.1 Å². The molecule has 1 aromatic carbocycles. The number of carbonyl (C=O) groups excluding carboxylic acids is 1. The molecule has 2 fully saturated rings. The van der Waals surface area contributed by atoms with Gasteiger partial charge >= 0.3 is 0 Å². The molecule has 1 aromatic rings. The summed E-state index contributed by atoms with van der Waals surface area (Å²) in [6.45, 7) is 14.9. The highest BCUT2D eigenvalue weighted by atomic mass is 32.2. The maximum absolute atomic E-state index is 12.9. The predicted octanol–water partition coefficient (Wildman–Crippen LogP) is 3.24. The smallest absolute Gasteiger partial charge is 0.236 e. The van der Waals surface area contributed by atoms with E-state index in [0.29, 0.717) is 5.91 Å². The molecule has 0 aliphatic carbocycles. The van der Waals surface area contributed by atoms with E-state index in [1.807, 2.05) is 11.8 Å². The van der Waals surface area contributed by atoms with Crippen LogP contribution >= 0.6 is 11.8 Å². The van der Waals surface area contributed by atoms with Crippen LogP contribution in [0.3, 0.4) is 0 Å². The van der Waals surface area contributed by atoms with Crippen LogP contribution in [0.2, 0.25) is 0 Å². The van der Waals surface area contributed by atoms with Crippen LogP contribution in [0.1, 0.15) is 50.6 Å². The van der Waals surface area contributed by atoms with Crippen LogP contribution in [-0.4, -0.2) is 60.2 Å². The van der Waals surface area contributed by atoms with Gasteiger partial charge in [0.05, 0.1) is 5.25 Å². The van der Waals surface area contributed by atoms with E-state index < -0.39 is 0 Å². The molecule has 4 nitrogen and oxygen atoms in total. The molecule has 26 heavy (non-hydrogen) atoms. The van der Waals surface area contributed by atoms with Gasteiger partial charge in [-0.05, 0) is 23.0 Å². The molecule has 1 amide bonds. The minimum atomic E-state index is 0.102. The fraction of sp³-hybridized carbons (Fsp3) is 0.667. The zero-order valence-electron chi connectivity index (χ0n) is 16.6. The van der Waals surface area contributed by atoms with Gasteiger partial charge in [0.25, 0.3) is 0 Å². The molecule has 3 rings (SSSR count). The lowest BCUT2D eigenvalue weighted by Gasteiger charge is -2.31. The van der Waals surface area contributed by atoms with Crippen LogP contribution in [0, 0.1) is 0 Å². The summed E-state index contributed by atoms with van der Waals surface area (Å²) in [7, 11) is 0. The van der Waals surface area contributed by atoms with Crippen LogP contribution < -0.4 is 5.32 Å². The Morgan fingerprint density at radius 1 is 1.12 bits per heavy atom. The van der Waals surface area contributed by atoms with Gasteiger partial charge in [0.15, 0.2) is 0 Å². The Hall–Kier alpha value is -1.04. The molecule has 144 valence electrons. The summed E-state index contributed by atoms with van der Waals surface area (Å²) in [6, 6.07) is 8.91. The molecule has 0 saturated carbocycles. The highest BCUT2D eigenvalue weighted by molar-refractivity contribution is 8.01. The van der Waals surface area contributed by atoms with Gasteiger partial charge in [-0.2, -0.15) is 0 Å². The van der Waals surface area contributed by atoms with Gasteiger partial charge in [-0.1, -0.05) is 52.0 Å². The monoisotopic (exact) mass is 375 g/mol. The van der Waals surface area contributed by atoms with Gasteiger partial charge in [-0.3, -0.25) is 9.69 Å². The van der Waals surface area contributed by atoms with E-state index in [9.17, 15) is 4.79 Å². The van der Waals surface area contributed by atoms with Crippen molar-refractivity contribution in [3.8, 4) is 0 Å². The SMILES string of the molecule is CCC1SC(c2ccc(C(C)(C)C)cc2)N(CCN2CCNCC2)C1=O. The number of carbonyl (C=O) groups is 1. The molecule has 2 atom stereocenters. The number of nitrogens with one attached hydrogen (secondary N) is 1. The lowest BCUT2D eigenvalue weighted by molar-refractivity contribution is -0.130. The van der Waals surface area contributed by atoms with Gasteiger partial charge in [-0.25, -0.2) is 0 Å². The minimum Gasteiger partial charge on any atom is -0.324 e. The summed E-state index contributed by atoms with van der Waals surface area (Å²) in [5.74, 6) is 0.317. The zero-order chi connectivity index (χ0) is 18.7. The third-order valence-corrected chi connectivity index (χ3v) is 7.08. The number of nitrogens with zero attached hydrogens (tertiary/aromatic N) is 2. The average molecular weight is 376 g/mol. The van der Waals surface area contributed by atoms with Crippen LogP contribution in [0.25, 0.3) is 0 Å². The Kier molecular flexibility index (Phi) is 6.31. The molecule has 2 saturated heterocycles. The number of thioether (sulfide) groups is 1. The fourth-order valence-electron chi connectivity index (χ4n) is 3.68. The molecule has 0 aromatic heterocycles. The van der Waals surface area contributed by atoms with Crippen LogP contribution in [0.15, 0.2) is 24.3 Å². The predicted molar refractivity (Wildman–Crippen MR) is 111 cm³/mol. The maximum Gasteiger partial charge on any atom is 0.236 e. The van der Waals surface area contributed by atoms with Crippen molar-refractivity contribution in [1.29, 1.82) is 0 Å². The number of amides is 1. The second-order valence-corrected chi connectivity index (χ2v) is 9.67. The molecule has 2 aliphatic heterocycles. The molecule has 0 bridgehead atoms. The average Bonchev–Trinajstić information content (AvgIpc) is 2.96. The summed E-state index contributed by atoms with van der Waals surface area (Å²) < 4.78 is 0. The molecule has 0 radical (unpaired) electrons. The van der Waals surface area contributed by atoms with E-state index in [1.54, 1.807) is 0 Å². The Bertz CT molecular complexity index is 605. The van der Waals surface area contributed by atoms with Crippen LogP contribution in [-0.2, 0) is 10.2 Å². The summed E-state index contributed by atoms with van der Waals surface area (Å²) in [5, 5.41) is 3.65. The number of benzene rings is 1. The van der Waals surface area contributed by atoms with E-state index in [-0.39, 0.29) is 16.0 Å². The highest BCUT2D eigenvalue weighted by Gasteiger charge is 2.39. The minimum absolute atomic E-state index is 0.102. The van der Waals surface area contributed by atoms with Crippen LogP contribution in [0.5, 0.6) is 0 Å². The first kappa shape index (κ1) is 19.7. The summed E-state index contributed by atoms with van der Waals surface area (Å²) in [5.41, 5.74) is 2.76. The molecule has 2 heterocycles. The standard InChI is InChI=1S/C21H33N3OS/c1-5-18-19(25)24(15-14-23-12-10-22-11-13-23)20(26-18)16-6-8-17(9-7-16)21(2,3)4/h6-9,18,20,22H,5,10-15H2,1-4H3. The van der Waals surface area contributed by atoms with Gasteiger partial charge in [0.2, 0.25) is 5.91 Å². The van der Waals surface area contributed by atoms with Gasteiger partial charge < -0.3 is 10.2 Å². The van der Waals surface area contributed by atoms with Crippen molar-refractivity contribution in [3.05, 3.63) is 35.4 Å². The van der Waals surface area contributed by atoms with Crippen molar-refractivity contribution in [3.63, 3.8) is 0 Å². The van der Waals surface area contributed by atoms with Gasteiger partial charge in [-0.15, -0.1) is 11.8 Å². The van der Waals surface area contributed by atoms with E-state index in [4.69, 9.17) is 0 Å². The molecule has 0 spiro atoms. The maximum atomic E-state index is 12.9. The third kappa shape index (κ3) is 4.44. The van der Waals surface area contributed by atoms with Crippen molar-refractivity contribution in [2.45, 2.75) is 50.2 Å². The summed E-state index contributed by atoms with van der Waals surface area (Å²) in [6.07, 6.45) is 0.907. The molecule has 5 heteroatoms. The Balaban J connectivity index is 1.73.